The first-order valence-electron chi connectivity index (χ1n) is 6.43. The highest BCUT2D eigenvalue weighted by Gasteiger charge is 2.47. The Morgan fingerprint density at radius 2 is 1.82 bits per heavy atom. The summed E-state index contributed by atoms with van der Waals surface area (Å²) in [6.07, 6.45) is 1.21. The highest BCUT2D eigenvalue weighted by atomic mass is 16.5. The minimum Gasteiger partial charge on any atom is -0.490 e. The third-order valence-electron chi connectivity index (χ3n) is 4.08. The molecule has 1 saturated carbocycles. The molecular formula is C15H23NO. The number of hydrogen-bond acceptors (Lipinski definition) is 2. The number of ether oxygens (including phenoxy) is 1. The van der Waals surface area contributed by atoms with Crippen LogP contribution in [0.25, 0.3) is 0 Å². The predicted octanol–water partition coefficient (Wildman–Crippen LogP) is 3.31. The molecule has 17 heavy (non-hydrogen) atoms. The molecule has 1 aromatic carbocycles. The van der Waals surface area contributed by atoms with E-state index in [-0.39, 0.29) is 17.6 Å². The van der Waals surface area contributed by atoms with E-state index in [1.165, 1.54) is 5.56 Å². The van der Waals surface area contributed by atoms with Gasteiger partial charge in [-0.15, -0.1) is 0 Å². The van der Waals surface area contributed by atoms with Crippen LogP contribution >= 0.6 is 0 Å². The van der Waals surface area contributed by atoms with Crippen molar-refractivity contribution in [1.82, 2.24) is 0 Å². The van der Waals surface area contributed by atoms with Crippen molar-refractivity contribution < 1.29 is 4.74 Å². The molecule has 0 amide bonds. The minimum absolute atomic E-state index is 0.0940. The fraction of sp³-hybridized carbons (Fsp3) is 0.600. The summed E-state index contributed by atoms with van der Waals surface area (Å²) in [6.45, 7) is 8.75. The van der Waals surface area contributed by atoms with Crippen LogP contribution in [0.15, 0.2) is 24.3 Å². The van der Waals surface area contributed by atoms with E-state index in [9.17, 15) is 0 Å². The summed E-state index contributed by atoms with van der Waals surface area (Å²) in [5.74, 6) is 1.52. The van der Waals surface area contributed by atoms with Crippen molar-refractivity contribution in [2.45, 2.75) is 52.2 Å². The molecule has 0 bridgehead atoms. The van der Waals surface area contributed by atoms with Gasteiger partial charge in [0.15, 0.2) is 0 Å². The monoisotopic (exact) mass is 233 g/mol. The quantitative estimate of drug-likeness (QED) is 0.869. The summed E-state index contributed by atoms with van der Waals surface area (Å²) in [4.78, 5) is 0. The highest BCUT2D eigenvalue weighted by molar-refractivity contribution is 5.29. The van der Waals surface area contributed by atoms with E-state index in [4.69, 9.17) is 10.5 Å². The Labute approximate surface area is 104 Å². The van der Waals surface area contributed by atoms with Gasteiger partial charge >= 0.3 is 0 Å². The van der Waals surface area contributed by atoms with Gasteiger partial charge in [-0.3, -0.25) is 0 Å². The molecular weight excluding hydrogens is 210 g/mol. The molecule has 1 fully saturated rings. The molecule has 0 aromatic heterocycles. The molecule has 0 radical (unpaired) electrons. The van der Waals surface area contributed by atoms with Gasteiger partial charge in [-0.2, -0.15) is 0 Å². The second kappa shape index (κ2) is 4.34. The summed E-state index contributed by atoms with van der Waals surface area (Å²) in [5, 5.41) is 0. The maximum absolute atomic E-state index is 5.99. The highest BCUT2D eigenvalue weighted by Crippen LogP contribution is 2.41. The van der Waals surface area contributed by atoms with Gasteiger partial charge in [0.1, 0.15) is 11.9 Å². The molecule has 1 aliphatic rings. The number of rotatable bonds is 3. The van der Waals surface area contributed by atoms with Gasteiger partial charge in [0.2, 0.25) is 0 Å². The van der Waals surface area contributed by atoms with E-state index in [2.05, 4.69) is 52.0 Å². The van der Waals surface area contributed by atoms with Crippen LogP contribution in [-0.4, -0.2) is 12.1 Å². The van der Waals surface area contributed by atoms with Crippen LogP contribution in [0, 0.1) is 5.41 Å². The summed E-state index contributed by atoms with van der Waals surface area (Å²) >= 11 is 0. The molecule has 2 atom stereocenters. The van der Waals surface area contributed by atoms with Gasteiger partial charge < -0.3 is 10.5 Å². The fourth-order valence-electron chi connectivity index (χ4n) is 2.21. The minimum atomic E-state index is 0.0940. The zero-order valence-electron chi connectivity index (χ0n) is 11.2. The average Bonchev–Trinajstić information content (AvgIpc) is 2.29. The second-order valence-corrected chi connectivity index (χ2v) is 5.99. The molecule has 94 valence electrons. The first kappa shape index (κ1) is 12.4. The molecule has 0 saturated heterocycles. The number of hydrogen-bond donors (Lipinski definition) is 1. The van der Waals surface area contributed by atoms with Crippen LogP contribution in [0.2, 0.25) is 0 Å². The second-order valence-electron chi connectivity index (χ2n) is 5.99. The lowest BCUT2D eigenvalue weighted by Crippen LogP contribution is -2.60. The van der Waals surface area contributed by atoms with Crippen molar-refractivity contribution in [3.63, 3.8) is 0 Å². The van der Waals surface area contributed by atoms with Crippen LogP contribution in [0.1, 0.15) is 45.6 Å². The maximum atomic E-state index is 5.99. The van der Waals surface area contributed by atoms with Gasteiger partial charge in [-0.25, -0.2) is 0 Å². The van der Waals surface area contributed by atoms with Crippen LogP contribution < -0.4 is 10.5 Å². The fourth-order valence-corrected chi connectivity index (χ4v) is 2.21. The van der Waals surface area contributed by atoms with Crippen LogP contribution in [-0.2, 0) is 0 Å². The SMILES string of the molecule is CC(C)c1ccc(OC2CC(N)C2(C)C)cc1. The van der Waals surface area contributed by atoms with Crippen molar-refractivity contribution in [2.24, 2.45) is 11.1 Å². The first-order chi connectivity index (χ1) is 7.91. The maximum Gasteiger partial charge on any atom is 0.119 e. The summed E-state index contributed by atoms with van der Waals surface area (Å²) < 4.78 is 5.99. The molecule has 2 heteroatoms. The normalized spacial score (nSPS) is 26.7. The molecule has 0 heterocycles. The molecule has 1 aromatic rings. The van der Waals surface area contributed by atoms with Crippen molar-refractivity contribution >= 4 is 0 Å². The van der Waals surface area contributed by atoms with Gasteiger partial charge in [0.05, 0.1) is 0 Å². The van der Waals surface area contributed by atoms with Crippen molar-refractivity contribution in [3.05, 3.63) is 29.8 Å². The van der Waals surface area contributed by atoms with Crippen molar-refractivity contribution in [1.29, 1.82) is 0 Å². The standard InChI is InChI=1S/C15H23NO/c1-10(2)11-5-7-12(8-6-11)17-14-9-13(16)15(14,3)4/h5-8,10,13-14H,9,16H2,1-4H3. The molecule has 0 aliphatic heterocycles. The van der Waals surface area contributed by atoms with Gasteiger partial charge in [-0.05, 0) is 23.6 Å². The van der Waals surface area contributed by atoms with E-state index in [0.717, 1.165) is 12.2 Å². The number of benzene rings is 1. The van der Waals surface area contributed by atoms with E-state index < -0.39 is 0 Å². The largest absolute Gasteiger partial charge is 0.490 e. The zero-order valence-corrected chi connectivity index (χ0v) is 11.2. The lowest BCUT2D eigenvalue weighted by atomic mass is 9.65. The van der Waals surface area contributed by atoms with Crippen molar-refractivity contribution in [3.8, 4) is 5.75 Å². The van der Waals surface area contributed by atoms with Gasteiger partial charge in [0, 0.05) is 17.9 Å². The topological polar surface area (TPSA) is 35.2 Å². The Kier molecular flexibility index (Phi) is 3.17. The Bertz CT molecular complexity index is 380. The Hall–Kier alpha value is -1.02. The summed E-state index contributed by atoms with van der Waals surface area (Å²) in [5.41, 5.74) is 7.43. The molecule has 0 spiro atoms. The lowest BCUT2D eigenvalue weighted by Gasteiger charge is -2.49. The van der Waals surface area contributed by atoms with Crippen LogP contribution in [0.5, 0.6) is 5.75 Å². The molecule has 2 rings (SSSR count). The third kappa shape index (κ3) is 2.32. The summed E-state index contributed by atoms with van der Waals surface area (Å²) in [7, 11) is 0. The predicted molar refractivity (Wildman–Crippen MR) is 71.3 cm³/mol. The summed E-state index contributed by atoms with van der Waals surface area (Å²) in [6, 6.07) is 8.68. The Morgan fingerprint density at radius 3 is 2.24 bits per heavy atom. The van der Waals surface area contributed by atoms with Crippen LogP contribution in [0.4, 0.5) is 0 Å². The first-order valence-corrected chi connectivity index (χ1v) is 6.43. The van der Waals surface area contributed by atoms with Gasteiger partial charge in [0.25, 0.3) is 0 Å². The van der Waals surface area contributed by atoms with E-state index >= 15 is 0 Å². The van der Waals surface area contributed by atoms with Crippen molar-refractivity contribution in [2.75, 3.05) is 0 Å². The van der Waals surface area contributed by atoms with Crippen LogP contribution in [0.3, 0.4) is 0 Å². The molecule has 2 unspecified atom stereocenters. The molecule has 2 N–H and O–H groups in total. The lowest BCUT2D eigenvalue weighted by molar-refractivity contribution is -0.0399. The zero-order chi connectivity index (χ0) is 12.6. The third-order valence-corrected chi connectivity index (χ3v) is 4.08. The van der Waals surface area contributed by atoms with E-state index in [0.29, 0.717) is 5.92 Å². The smallest absolute Gasteiger partial charge is 0.119 e. The number of nitrogens with two attached hydrogens (primary N) is 1. The van der Waals surface area contributed by atoms with E-state index in [1.54, 1.807) is 0 Å². The Morgan fingerprint density at radius 1 is 1.24 bits per heavy atom. The Balaban J connectivity index is 2.01. The van der Waals surface area contributed by atoms with E-state index in [1.807, 2.05) is 0 Å². The average molecular weight is 233 g/mol. The van der Waals surface area contributed by atoms with Gasteiger partial charge in [-0.1, -0.05) is 39.8 Å². The molecule has 2 nitrogen and oxygen atoms in total. The molecule has 1 aliphatic carbocycles.